The maximum atomic E-state index is 11.6. The molecule has 0 aromatic heterocycles. The van der Waals surface area contributed by atoms with E-state index in [1.807, 2.05) is 60.7 Å². The van der Waals surface area contributed by atoms with Crippen LogP contribution >= 0.6 is 0 Å². The minimum absolute atomic E-state index is 0.799. The summed E-state index contributed by atoms with van der Waals surface area (Å²) in [6.07, 6.45) is 2.00. The minimum Gasteiger partial charge on any atom is -0.390 e. The fourth-order valence-electron chi connectivity index (χ4n) is 1.98. The van der Waals surface area contributed by atoms with E-state index in [1.54, 1.807) is 0 Å². The highest BCUT2D eigenvalue weighted by Gasteiger charge is 2.32. The molecule has 0 heterocycles. The third-order valence-electron chi connectivity index (χ3n) is 2.88. The van der Waals surface area contributed by atoms with Crippen molar-refractivity contribution in [3.63, 3.8) is 0 Å². The quantitative estimate of drug-likeness (QED) is 0.504. The Labute approximate surface area is 106 Å². The Hall–Kier alpha value is -2.42. The smallest absolute Gasteiger partial charge is 0.167 e. The lowest BCUT2D eigenvalue weighted by atomic mass is 9.85. The molecule has 2 aromatic carbocycles. The van der Waals surface area contributed by atoms with Gasteiger partial charge in [0.2, 0.25) is 0 Å². The van der Waals surface area contributed by atoms with Gasteiger partial charge in [-0.25, -0.2) is 0 Å². The number of nitrogens with zero attached hydrogens (tertiary/aromatic N) is 1. The van der Waals surface area contributed by atoms with E-state index in [4.69, 9.17) is 5.73 Å². The molecule has 0 aliphatic carbocycles. The number of nitrogens with two attached hydrogens (primary N) is 1. The average molecular weight is 238 g/mol. The summed E-state index contributed by atoms with van der Waals surface area (Å²) in [5, 5.41) is 0. The molecule has 0 amide bonds. The van der Waals surface area contributed by atoms with Gasteiger partial charge in [0.25, 0.3) is 0 Å². The number of carbonyl (C=O) groups excluding carboxylic acids is 1. The van der Waals surface area contributed by atoms with E-state index in [0.29, 0.717) is 0 Å². The molecule has 0 spiro atoms. The number of aldehydes is 1. The molecule has 0 radical (unpaired) electrons. The normalized spacial score (nSPS) is 11.6. The number of benzene rings is 2. The second-order valence-corrected chi connectivity index (χ2v) is 3.89. The van der Waals surface area contributed by atoms with Gasteiger partial charge < -0.3 is 5.73 Å². The van der Waals surface area contributed by atoms with E-state index in [-0.39, 0.29) is 0 Å². The molecule has 90 valence electrons. The lowest BCUT2D eigenvalue weighted by molar-refractivity contribution is -0.111. The van der Waals surface area contributed by atoms with Gasteiger partial charge in [-0.05, 0) is 11.1 Å². The number of carbonyl (C=O) groups is 1. The van der Waals surface area contributed by atoms with Crippen LogP contribution in [-0.2, 0) is 10.3 Å². The molecule has 18 heavy (non-hydrogen) atoms. The van der Waals surface area contributed by atoms with Gasteiger partial charge in [0.15, 0.2) is 11.8 Å². The number of hydrogen-bond donors (Lipinski definition) is 1. The SMILES string of the molecule is NC=NC(C=O)(c1ccccc1)c1ccccc1. The van der Waals surface area contributed by atoms with Gasteiger partial charge in [0.05, 0.1) is 6.34 Å². The number of rotatable bonds is 4. The third kappa shape index (κ3) is 2.02. The Morgan fingerprint density at radius 1 is 0.889 bits per heavy atom. The van der Waals surface area contributed by atoms with Gasteiger partial charge in [-0.3, -0.25) is 9.79 Å². The van der Waals surface area contributed by atoms with Crippen LogP contribution in [0.1, 0.15) is 11.1 Å². The molecule has 0 bridgehead atoms. The number of hydrogen-bond acceptors (Lipinski definition) is 2. The first-order valence-corrected chi connectivity index (χ1v) is 5.66. The van der Waals surface area contributed by atoms with Crippen molar-refractivity contribution < 1.29 is 4.79 Å². The zero-order valence-electron chi connectivity index (χ0n) is 9.86. The van der Waals surface area contributed by atoms with Crippen LogP contribution in [0.2, 0.25) is 0 Å². The van der Waals surface area contributed by atoms with Crippen LogP contribution < -0.4 is 5.73 Å². The summed E-state index contributed by atoms with van der Waals surface area (Å²) in [5.74, 6) is 0. The molecular formula is C15H14N2O. The highest BCUT2D eigenvalue weighted by Crippen LogP contribution is 2.31. The monoisotopic (exact) mass is 238 g/mol. The molecule has 0 aliphatic rings. The topological polar surface area (TPSA) is 55.4 Å². The first kappa shape index (κ1) is 12.0. The first-order chi connectivity index (χ1) is 8.83. The zero-order chi connectivity index (χ0) is 12.8. The van der Waals surface area contributed by atoms with Crippen LogP contribution in [0.3, 0.4) is 0 Å². The molecule has 2 aromatic rings. The predicted octanol–water partition coefficient (Wildman–Crippen LogP) is 2.12. The molecule has 3 heteroatoms. The van der Waals surface area contributed by atoms with Gasteiger partial charge in [-0.1, -0.05) is 60.7 Å². The van der Waals surface area contributed by atoms with Crippen molar-refractivity contribution in [3.8, 4) is 0 Å². The van der Waals surface area contributed by atoms with E-state index in [2.05, 4.69) is 4.99 Å². The van der Waals surface area contributed by atoms with Crippen molar-refractivity contribution in [2.75, 3.05) is 0 Å². The standard InChI is InChI=1S/C15H14N2O/c16-12-17-15(11-18,13-7-3-1-4-8-13)14-9-5-2-6-10-14/h1-12H,(H2,16,17). The fraction of sp³-hybridized carbons (Fsp3) is 0.0667. The Kier molecular flexibility index (Phi) is 3.53. The maximum Gasteiger partial charge on any atom is 0.167 e. The van der Waals surface area contributed by atoms with Gasteiger partial charge >= 0.3 is 0 Å². The summed E-state index contributed by atoms with van der Waals surface area (Å²) in [6, 6.07) is 18.8. The van der Waals surface area contributed by atoms with Crippen molar-refractivity contribution >= 4 is 12.6 Å². The van der Waals surface area contributed by atoms with E-state index >= 15 is 0 Å². The Balaban J connectivity index is 2.65. The largest absolute Gasteiger partial charge is 0.390 e. The van der Waals surface area contributed by atoms with Gasteiger partial charge in [-0.15, -0.1) is 0 Å². The van der Waals surface area contributed by atoms with E-state index in [0.717, 1.165) is 17.4 Å². The van der Waals surface area contributed by atoms with E-state index in [1.165, 1.54) is 6.34 Å². The van der Waals surface area contributed by atoms with Crippen LogP contribution in [-0.4, -0.2) is 12.6 Å². The molecule has 0 unspecified atom stereocenters. The first-order valence-electron chi connectivity index (χ1n) is 5.66. The molecule has 0 saturated carbocycles. The molecule has 0 saturated heterocycles. The minimum atomic E-state index is -1.06. The van der Waals surface area contributed by atoms with Crippen molar-refractivity contribution in [2.24, 2.45) is 10.7 Å². The summed E-state index contributed by atoms with van der Waals surface area (Å²) in [4.78, 5) is 15.8. The predicted molar refractivity (Wildman–Crippen MR) is 72.4 cm³/mol. The summed E-state index contributed by atoms with van der Waals surface area (Å²) >= 11 is 0. The molecule has 0 aliphatic heterocycles. The lowest BCUT2D eigenvalue weighted by Crippen LogP contribution is -2.28. The molecule has 2 N–H and O–H groups in total. The Morgan fingerprint density at radius 2 is 1.33 bits per heavy atom. The van der Waals surface area contributed by atoms with Crippen LogP contribution in [0, 0.1) is 0 Å². The van der Waals surface area contributed by atoms with Crippen LogP contribution in [0.15, 0.2) is 65.7 Å². The van der Waals surface area contributed by atoms with Crippen molar-refractivity contribution in [2.45, 2.75) is 5.54 Å². The zero-order valence-corrected chi connectivity index (χ0v) is 9.86. The summed E-state index contributed by atoms with van der Waals surface area (Å²) < 4.78 is 0. The third-order valence-corrected chi connectivity index (χ3v) is 2.88. The van der Waals surface area contributed by atoms with Gasteiger partial charge in [0.1, 0.15) is 0 Å². The molecular weight excluding hydrogens is 224 g/mol. The van der Waals surface area contributed by atoms with Crippen LogP contribution in [0.4, 0.5) is 0 Å². The second-order valence-electron chi connectivity index (χ2n) is 3.89. The lowest BCUT2D eigenvalue weighted by Gasteiger charge is -2.24. The van der Waals surface area contributed by atoms with E-state index < -0.39 is 5.54 Å². The van der Waals surface area contributed by atoms with E-state index in [9.17, 15) is 4.79 Å². The average Bonchev–Trinajstić information content (AvgIpc) is 2.47. The summed E-state index contributed by atoms with van der Waals surface area (Å²) in [7, 11) is 0. The van der Waals surface area contributed by atoms with Gasteiger partial charge in [0, 0.05) is 0 Å². The second kappa shape index (κ2) is 5.27. The molecule has 2 rings (SSSR count). The summed E-state index contributed by atoms with van der Waals surface area (Å²) in [5.41, 5.74) is 5.95. The van der Waals surface area contributed by atoms with Crippen LogP contribution in [0.25, 0.3) is 0 Å². The molecule has 0 fully saturated rings. The molecule has 0 atom stereocenters. The molecule has 3 nitrogen and oxygen atoms in total. The maximum absolute atomic E-state index is 11.6. The Morgan fingerprint density at radius 3 is 1.67 bits per heavy atom. The highest BCUT2D eigenvalue weighted by molar-refractivity contribution is 5.77. The van der Waals surface area contributed by atoms with Crippen molar-refractivity contribution in [1.82, 2.24) is 0 Å². The highest BCUT2D eigenvalue weighted by atomic mass is 16.1. The van der Waals surface area contributed by atoms with Crippen molar-refractivity contribution in [3.05, 3.63) is 71.8 Å². The Bertz CT molecular complexity index is 495. The van der Waals surface area contributed by atoms with Gasteiger partial charge in [-0.2, -0.15) is 0 Å². The number of aliphatic imine (C=N–C) groups is 1. The van der Waals surface area contributed by atoms with Crippen LogP contribution in [0.5, 0.6) is 0 Å². The van der Waals surface area contributed by atoms with Crippen molar-refractivity contribution in [1.29, 1.82) is 0 Å². The summed E-state index contributed by atoms with van der Waals surface area (Å²) in [6.45, 7) is 0. The fourth-order valence-corrected chi connectivity index (χ4v) is 1.98.